The van der Waals surface area contributed by atoms with Crippen LogP contribution in [0.4, 0.5) is 0 Å². The first-order valence-electron chi connectivity index (χ1n) is 32.7. The van der Waals surface area contributed by atoms with Crippen LogP contribution in [-0.4, -0.2) is 68.5 Å². The number of carbonyl (C=O) groups excluding carboxylic acids is 1. The first-order chi connectivity index (χ1) is 36.0. The molecule has 0 aromatic heterocycles. The standard InChI is InChI=1S/C65H129N2O6P/c1-6-8-10-12-14-16-18-20-22-24-26-28-30-31-32-33-34-35-36-37-39-41-43-45-47-49-51-53-55-57-59-65(69)66-63(62-73-74(70,71)72-61-60-67(3,4)5)64(68)58-56-54-52-50-48-46-44-42-40-38-29-27-25-23-21-19-17-15-13-11-9-7-2/h48,50,56,58,63-64,68H,6-47,49,51-55,57,59-62H2,1-5H3,(H-,66,69,70,71)/b50-48+,58-56+. The molecule has 0 radical (unpaired) electrons. The Morgan fingerprint density at radius 1 is 0.459 bits per heavy atom. The maximum absolute atomic E-state index is 13.0. The second kappa shape index (κ2) is 56.7. The number of rotatable bonds is 61. The largest absolute Gasteiger partial charge is 0.756 e. The molecule has 0 aliphatic rings. The van der Waals surface area contributed by atoms with Crippen LogP contribution in [-0.2, 0) is 18.4 Å². The minimum Gasteiger partial charge on any atom is -0.756 e. The maximum Gasteiger partial charge on any atom is 0.268 e. The Hall–Kier alpha value is -1.02. The number of hydrogen-bond acceptors (Lipinski definition) is 6. The molecule has 0 bridgehead atoms. The van der Waals surface area contributed by atoms with E-state index in [9.17, 15) is 19.4 Å². The van der Waals surface area contributed by atoms with Crippen molar-refractivity contribution in [3.05, 3.63) is 24.3 Å². The summed E-state index contributed by atoms with van der Waals surface area (Å²) < 4.78 is 23.4. The van der Waals surface area contributed by atoms with Gasteiger partial charge in [0.15, 0.2) is 0 Å². The third-order valence-electron chi connectivity index (χ3n) is 15.2. The predicted molar refractivity (Wildman–Crippen MR) is 321 cm³/mol. The van der Waals surface area contributed by atoms with Crippen LogP contribution in [0.1, 0.15) is 335 Å². The number of aliphatic hydroxyl groups is 1. The fourth-order valence-electron chi connectivity index (χ4n) is 10.1. The van der Waals surface area contributed by atoms with Crippen molar-refractivity contribution in [2.45, 2.75) is 347 Å². The number of nitrogens with zero attached hydrogens (tertiary/aromatic N) is 1. The molecule has 2 N–H and O–H groups in total. The summed E-state index contributed by atoms with van der Waals surface area (Å²) in [5.41, 5.74) is 0. The average molecular weight is 1070 g/mol. The Balaban J connectivity index is 4.09. The summed E-state index contributed by atoms with van der Waals surface area (Å²) >= 11 is 0. The molecule has 74 heavy (non-hydrogen) atoms. The lowest BCUT2D eigenvalue weighted by molar-refractivity contribution is -0.870. The van der Waals surface area contributed by atoms with Crippen molar-refractivity contribution in [3.63, 3.8) is 0 Å². The molecule has 0 aromatic carbocycles. The summed E-state index contributed by atoms with van der Waals surface area (Å²) in [6.45, 7) is 4.69. The van der Waals surface area contributed by atoms with Gasteiger partial charge in [0.2, 0.25) is 5.91 Å². The first-order valence-corrected chi connectivity index (χ1v) is 34.2. The number of allylic oxidation sites excluding steroid dienone is 3. The number of quaternary nitrogens is 1. The normalized spacial score (nSPS) is 13.9. The van der Waals surface area contributed by atoms with Crippen LogP contribution in [0.15, 0.2) is 24.3 Å². The number of amides is 1. The number of carbonyl (C=O) groups is 1. The van der Waals surface area contributed by atoms with Crippen molar-refractivity contribution in [1.82, 2.24) is 5.32 Å². The van der Waals surface area contributed by atoms with Crippen molar-refractivity contribution in [2.75, 3.05) is 40.9 Å². The molecule has 0 aliphatic heterocycles. The number of nitrogens with one attached hydrogen (secondary N) is 1. The predicted octanol–water partition coefficient (Wildman–Crippen LogP) is 19.7. The van der Waals surface area contributed by atoms with Crippen LogP contribution in [0.5, 0.6) is 0 Å². The molecule has 0 saturated heterocycles. The fraction of sp³-hybridized carbons (Fsp3) is 0.923. The topological polar surface area (TPSA) is 108 Å². The highest BCUT2D eigenvalue weighted by Crippen LogP contribution is 2.38. The highest BCUT2D eigenvalue weighted by Gasteiger charge is 2.23. The van der Waals surface area contributed by atoms with Crippen molar-refractivity contribution >= 4 is 13.7 Å². The maximum atomic E-state index is 13.0. The van der Waals surface area contributed by atoms with Crippen molar-refractivity contribution in [1.29, 1.82) is 0 Å². The van der Waals surface area contributed by atoms with E-state index in [2.05, 4.69) is 31.3 Å². The zero-order valence-electron chi connectivity index (χ0n) is 50.3. The molecule has 0 aliphatic carbocycles. The van der Waals surface area contributed by atoms with Crippen molar-refractivity contribution < 1.29 is 32.9 Å². The molecule has 1 amide bonds. The highest BCUT2D eigenvalue weighted by molar-refractivity contribution is 7.45. The van der Waals surface area contributed by atoms with Crippen LogP contribution in [0.25, 0.3) is 0 Å². The lowest BCUT2D eigenvalue weighted by Gasteiger charge is -2.29. The van der Waals surface area contributed by atoms with Gasteiger partial charge in [-0.3, -0.25) is 9.36 Å². The molecular formula is C65H129N2O6P. The van der Waals surface area contributed by atoms with Gasteiger partial charge in [0, 0.05) is 6.42 Å². The summed E-state index contributed by atoms with van der Waals surface area (Å²) in [5, 5.41) is 13.9. The van der Waals surface area contributed by atoms with Crippen LogP contribution >= 0.6 is 7.82 Å². The zero-order valence-corrected chi connectivity index (χ0v) is 51.2. The minimum absolute atomic E-state index is 0.00353. The van der Waals surface area contributed by atoms with Gasteiger partial charge in [-0.1, -0.05) is 321 Å². The summed E-state index contributed by atoms with van der Waals surface area (Å²) in [6.07, 6.45) is 72.9. The third-order valence-corrected chi connectivity index (χ3v) is 16.1. The van der Waals surface area contributed by atoms with Gasteiger partial charge in [-0.15, -0.1) is 0 Å². The minimum atomic E-state index is -4.61. The molecule has 0 aromatic rings. The Morgan fingerprint density at radius 2 is 0.757 bits per heavy atom. The monoisotopic (exact) mass is 1060 g/mol. The molecule has 8 nitrogen and oxygen atoms in total. The van der Waals surface area contributed by atoms with Gasteiger partial charge in [-0.05, 0) is 32.1 Å². The van der Waals surface area contributed by atoms with E-state index in [1.165, 1.54) is 276 Å². The SMILES string of the molecule is CCCCCCCCCCCCCCCCCC/C=C/CC/C=C/C(O)C(COP(=O)([O-])OCC[N+](C)(C)C)NC(=O)CCCCCCCCCCCCCCCCCCCCCCCCCCCCCCCC. The van der Waals surface area contributed by atoms with Crippen LogP contribution < -0.4 is 10.2 Å². The summed E-state index contributed by atoms with van der Waals surface area (Å²) in [4.78, 5) is 25.6. The number of likely N-dealkylation sites (N-methyl/N-ethyl adjacent to an activating group) is 1. The molecule has 0 spiro atoms. The molecular weight excluding hydrogens is 936 g/mol. The van der Waals surface area contributed by atoms with Gasteiger partial charge < -0.3 is 28.8 Å². The number of aliphatic hydroxyl groups excluding tert-OH is 1. The van der Waals surface area contributed by atoms with E-state index in [-0.39, 0.29) is 19.1 Å². The Bertz CT molecular complexity index is 1260. The summed E-state index contributed by atoms with van der Waals surface area (Å²) in [6, 6.07) is -0.901. The Labute approximate surface area is 462 Å². The Morgan fingerprint density at radius 3 is 1.09 bits per heavy atom. The highest BCUT2D eigenvalue weighted by atomic mass is 31.2. The van der Waals surface area contributed by atoms with Gasteiger partial charge in [0.05, 0.1) is 39.9 Å². The van der Waals surface area contributed by atoms with Crippen LogP contribution in [0.2, 0.25) is 0 Å². The van der Waals surface area contributed by atoms with E-state index in [4.69, 9.17) is 9.05 Å². The second-order valence-corrected chi connectivity index (χ2v) is 25.2. The van der Waals surface area contributed by atoms with Crippen molar-refractivity contribution in [3.8, 4) is 0 Å². The molecule has 440 valence electrons. The number of phosphoric acid groups is 1. The summed E-state index contributed by atoms with van der Waals surface area (Å²) in [5.74, 6) is -0.199. The zero-order chi connectivity index (χ0) is 54.2. The molecule has 9 heteroatoms. The van der Waals surface area contributed by atoms with E-state index >= 15 is 0 Å². The van der Waals surface area contributed by atoms with Crippen LogP contribution in [0, 0.1) is 0 Å². The number of phosphoric ester groups is 1. The number of unbranched alkanes of at least 4 members (excludes halogenated alkanes) is 46. The average Bonchev–Trinajstić information content (AvgIpc) is 3.36. The molecule has 3 unspecified atom stereocenters. The molecule has 0 rings (SSSR count). The molecule has 3 atom stereocenters. The third kappa shape index (κ3) is 58.7. The van der Waals surface area contributed by atoms with E-state index in [0.717, 1.165) is 38.5 Å². The van der Waals surface area contributed by atoms with Crippen LogP contribution in [0.3, 0.4) is 0 Å². The van der Waals surface area contributed by atoms with E-state index in [0.29, 0.717) is 17.4 Å². The van der Waals surface area contributed by atoms with Gasteiger partial charge in [0.25, 0.3) is 7.82 Å². The van der Waals surface area contributed by atoms with E-state index < -0.39 is 20.0 Å². The van der Waals surface area contributed by atoms with Gasteiger partial charge >= 0.3 is 0 Å². The summed E-state index contributed by atoms with van der Waals surface area (Å²) in [7, 11) is 1.26. The van der Waals surface area contributed by atoms with E-state index in [1.54, 1.807) is 6.08 Å². The molecule has 0 saturated carbocycles. The second-order valence-electron chi connectivity index (χ2n) is 23.8. The van der Waals surface area contributed by atoms with Gasteiger partial charge in [-0.25, -0.2) is 0 Å². The lowest BCUT2D eigenvalue weighted by Crippen LogP contribution is -2.45. The Kier molecular flexibility index (Phi) is 55.9. The van der Waals surface area contributed by atoms with Gasteiger partial charge in [-0.2, -0.15) is 0 Å². The number of hydrogen-bond donors (Lipinski definition) is 2. The fourth-order valence-corrected chi connectivity index (χ4v) is 10.8. The van der Waals surface area contributed by atoms with E-state index in [1.807, 2.05) is 27.2 Å². The smallest absolute Gasteiger partial charge is 0.268 e. The van der Waals surface area contributed by atoms with Gasteiger partial charge in [0.1, 0.15) is 13.2 Å². The molecule has 0 heterocycles. The molecule has 0 fully saturated rings. The lowest BCUT2D eigenvalue weighted by atomic mass is 10.0. The first kappa shape index (κ1) is 73.0. The van der Waals surface area contributed by atoms with Crippen molar-refractivity contribution in [2.24, 2.45) is 0 Å². The quantitative estimate of drug-likeness (QED) is 0.0272.